The molecule has 1 saturated heterocycles. The van der Waals surface area contributed by atoms with Crippen molar-refractivity contribution in [1.82, 2.24) is 5.32 Å². The lowest BCUT2D eigenvalue weighted by Gasteiger charge is -2.39. The third kappa shape index (κ3) is 1.59. The van der Waals surface area contributed by atoms with Gasteiger partial charge < -0.3 is 10.6 Å². The van der Waals surface area contributed by atoms with Crippen molar-refractivity contribution in [3.8, 4) is 0 Å². The molecule has 17 heavy (non-hydrogen) atoms. The van der Waals surface area contributed by atoms with Gasteiger partial charge in [0.2, 0.25) is 11.8 Å². The van der Waals surface area contributed by atoms with Gasteiger partial charge in [-0.3, -0.25) is 14.5 Å². The third-order valence-electron chi connectivity index (χ3n) is 2.97. The molecule has 1 unspecified atom stereocenters. The lowest BCUT2D eigenvalue weighted by Crippen LogP contribution is -2.61. The maximum atomic E-state index is 11.9. The molecule has 0 radical (unpaired) electrons. The van der Waals surface area contributed by atoms with Crippen molar-refractivity contribution in [3.63, 3.8) is 0 Å². The molecule has 2 N–H and O–H groups in total. The minimum absolute atomic E-state index is 0.111. The quantitative estimate of drug-likeness (QED) is 0.710. The van der Waals surface area contributed by atoms with Gasteiger partial charge in [0.15, 0.2) is 0 Å². The van der Waals surface area contributed by atoms with Crippen LogP contribution < -0.4 is 15.5 Å². The molecule has 1 fully saturated rings. The average Bonchev–Trinajstić information content (AvgIpc) is 2.30. The number of nitrogens with zero attached hydrogens (tertiary/aromatic N) is 1. The topological polar surface area (TPSA) is 61.4 Å². The number of hydrogen-bond acceptors (Lipinski definition) is 3. The summed E-state index contributed by atoms with van der Waals surface area (Å²) in [4.78, 5) is 25.3. The van der Waals surface area contributed by atoms with Crippen LogP contribution in [-0.4, -0.2) is 30.9 Å². The first-order valence-corrected chi connectivity index (χ1v) is 5.68. The summed E-state index contributed by atoms with van der Waals surface area (Å²) in [5, 5.41) is 6.25. The molecule has 0 bridgehead atoms. The maximum absolute atomic E-state index is 11.9. The number of nitrogens with one attached hydrogen (secondary N) is 2. The second kappa shape index (κ2) is 3.72. The predicted octanol–water partition coefficient (Wildman–Crippen LogP) is 0.597. The fraction of sp³-hybridized carbons (Fsp3) is 0.273. The van der Waals surface area contributed by atoms with Crippen LogP contribution in [0.2, 0.25) is 5.02 Å². The van der Waals surface area contributed by atoms with Crippen LogP contribution in [0.25, 0.3) is 0 Å². The van der Waals surface area contributed by atoms with E-state index < -0.39 is 6.04 Å². The molecule has 1 atom stereocenters. The first kappa shape index (κ1) is 10.6. The number of halogens is 1. The number of rotatable bonds is 0. The maximum Gasteiger partial charge on any atom is 0.248 e. The van der Waals surface area contributed by atoms with E-state index in [1.165, 1.54) is 4.90 Å². The SMILES string of the molecule is O=C1Nc2ccc(Cl)cc2N2C(=O)CNCC12. The van der Waals surface area contributed by atoms with E-state index in [2.05, 4.69) is 10.6 Å². The first-order valence-electron chi connectivity index (χ1n) is 5.30. The molecule has 1 aromatic carbocycles. The molecule has 2 heterocycles. The van der Waals surface area contributed by atoms with Gasteiger partial charge in [0, 0.05) is 11.6 Å². The molecule has 2 aliphatic heterocycles. The molecule has 0 spiro atoms. The third-order valence-corrected chi connectivity index (χ3v) is 3.21. The summed E-state index contributed by atoms with van der Waals surface area (Å²) >= 11 is 5.93. The molecule has 0 aromatic heterocycles. The van der Waals surface area contributed by atoms with Crippen LogP contribution in [0.15, 0.2) is 18.2 Å². The van der Waals surface area contributed by atoms with Gasteiger partial charge in [-0.15, -0.1) is 0 Å². The van der Waals surface area contributed by atoms with Crippen molar-refractivity contribution < 1.29 is 9.59 Å². The van der Waals surface area contributed by atoms with E-state index in [1.807, 2.05) is 0 Å². The Labute approximate surface area is 103 Å². The summed E-state index contributed by atoms with van der Waals surface area (Å²) in [6.45, 7) is 0.708. The van der Waals surface area contributed by atoms with E-state index >= 15 is 0 Å². The molecular formula is C11H10ClN3O2. The van der Waals surface area contributed by atoms with Gasteiger partial charge in [0.25, 0.3) is 0 Å². The Morgan fingerprint density at radius 3 is 3.00 bits per heavy atom. The summed E-state index contributed by atoms with van der Waals surface area (Å²) in [5.74, 6) is -0.278. The van der Waals surface area contributed by atoms with Crippen molar-refractivity contribution >= 4 is 34.8 Å². The van der Waals surface area contributed by atoms with Gasteiger partial charge in [-0.2, -0.15) is 0 Å². The molecule has 2 aliphatic rings. The van der Waals surface area contributed by atoms with Crippen LogP contribution in [0, 0.1) is 0 Å². The minimum atomic E-state index is -0.484. The summed E-state index contributed by atoms with van der Waals surface area (Å²) in [5.41, 5.74) is 1.31. The zero-order valence-corrected chi connectivity index (χ0v) is 9.62. The van der Waals surface area contributed by atoms with Gasteiger partial charge in [-0.05, 0) is 18.2 Å². The molecule has 3 rings (SSSR count). The Morgan fingerprint density at radius 2 is 2.18 bits per heavy atom. The van der Waals surface area contributed by atoms with Crippen LogP contribution in [0.1, 0.15) is 0 Å². The van der Waals surface area contributed by atoms with Gasteiger partial charge >= 0.3 is 0 Å². The number of anilines is 2. The number of fused-ring (bicyclic) bond motifs is 3. The normalized spacial score (nSPS) is 22.9. The van der Waals surface area contributed by atoms with E-state index in [1.54, 1.807) is 18.2 Å². The highest BCUT2D eigenvalue weighted by Gasteiger charge is 2.39. The molecular weight excluding hydrogens is 242 g/mol. The lowest BCUT2D eigenvalue weighted by atomic mass is 10.1. The van der Waals surface area contributed by atoms with Crippen molar-refractivity contribution in [3.05, 3.63) is 23.2 Å². The second-order valence-corrected chi connectivity index (χ2v) is 4.50. The van der Waals surface area contributed by atoms with E-state index in [0.717, 1.165) is 0 Å². The highest BCUT2D eigenvalue weighted by Crippen LogP contribution is 2.35. The van der Waals surface area contributed by atoms with Crippen LogP contribution in [0.5, 0.6) is 0 Å². The fourth-order valence-electron chi connectivity index (χ4n) is 2.20. The Hall–Kier alpha value is -1.59. The Bertz CT molecular complexity index is 517. The number of benzene rings is 1. The zero-order chi connectivity index (χ0) is 12.0. The number of carbonyl (C=O) groups excluding carboxylic acids is 2. The lowest BCUT2D eigenvalue weighted by molar-refractivity contribution is -0.124. The van der Waals surface area contributed by atoms with Gasteiger partial charge in [0.05, 0.1) is 17.9 Å². The standard InChI is InChI=1S/C11H10ClN3O2/c12-6-1-2-7-8(3-6)15-9(11(17)14-7)4-13-5-10(15)16/h1-3,9,13H,4-5H2,(H,14,17). The zero-order valence-electron chi connectivity index (χ0n) is 8.87. The first-order chi connectivity index (χ1) is 8.16. The molecule has 2 amide bonds. The Kier molecular flexibility index (Phi) is 2.31. The van der Waals surface area contributed by atoms with E-state index in [0.29, 0.717) is 22.9 Å². The van der Waals surface area contributed by atoms with Gasteiger partial charge in [-0.1, -0.05) is 11.6 Å². The summed E-state index contributed by atoms with van der Waals surface area (Å²) in [7, 11) is 0. The van der Waals surface area contributed by atoms with Crippen molar-refractivity contribution in [1.29, 1.82) is 0 Å². The number of hydrogen-bond donors (Lipinski definition) is 2. The molecule has 88 valence electrons. The van der Waals surface area contributed by atoms with Crippen LogP contribution >= 0.6 is 11.6 Å². The van der Waals surface area contributed by atoms with Gasteiger partial charge in [0.1, 0.15) is 6.04 Å². The average molecular weight is 252 g/mol. The largest absolute Gasteiger partial charge is 0.322 e. The fourth-order valence-corrected chi connectivity index (χ4v) is 2.37. The molecule has 5 nitrogen and oxygen atoms in total. The number of amides is 2. The monoisotopic (exact) mass is 251 g/mol. The molecule has 0 saturated carbocycles. The van der Waals surface area contributed by atoms with E-state index in [9.17, 15) is 9.59 Å². The molecule has 6 heteroatoms. The smallest absolute Gasteiger partial charge is 0.248 e. The Morgan fingerprint density at radius 1 is 1.35 bits per heavy atom. The van der Waals surface area contributed by atoms with Crippen LogP contribution in [-0.2, 0) is 9.59 Å². The summed E-state index contributed by atoms with van der Waals surface area (Å²) in [6, 6.07) is 4.61. The summed E-state index contributed by atoms with van der Waals surface area (Å²) < 4.78 is 0. The number of piperazine rings is 1. The van der Waals surface area contributed by atoms with Gasteiger partial charge in [-0.25, -0.2) is 0 Å². The van der Waals surface area contributed by atoms with Crippen molar-refractivity contribution in [2.45, 2.75) is 6.04 Å². The highest BCUT2D eigenvalue weighted by molar-refractivity contribution is 6.31. The number of carbonyl (C=O) groups is 2. The van der Waals surface area contributed by atoms with Crippen molar-refractivity contribution in [2.75, 3.05) is 23.3 Å². The molecule has 1 aromatic rings. The minimum Gasteiger partial charge on any atom is -0.322 e. The summed E-state index contributed by atoms with van der Waals surface area (Å²) in [6.07, 6.45) is 0. The second-order valence-electron chi connectivity index (χ2n) is 4.06. The van der Waals surface area contributed by atoms with Crippen LogP contribution in [0.4, 0.5) is 11.4 Å². The Balaban J connectivity index is 2.14. The highest BCUT2D eigenvalue weighted by atomic mass is 35.5. The molecule has 0 aliphatic carbocycles. The predicted molar refractivity (Wildman–Crippen MR) is 64.2 cm³/mol. The van der Waals surface area contributed by atoms with Crippen molar-refractivity contribution in [2.24, 2.45) is 0 Å². The van der Waals surface area contributed by atoms with E-state index in [-0.39, 0.29) is 18.4 Å². The van der Waals surface area contributed by atoms with Crippen LogP contribution in [0.3, 0.4) is 0 Å². The van der Waals surface area contributed by atoms with E-state index in [4.69, 9.17) is 11.6 Å².